The van der Waals surface area contributed by atoms with Crippen molar-refractivity contribution in [3.05, 3.63) is 47.1 Å². The van der Waals surface area contributed by atoms with E-state index in [0.717, 1.165) is 36.0 Å². The molecular weight excluding hydrogens is 298 g/mol. The van der Waals surface area contributed by atoms with Gasteiger partial charge in [-0.15, -0.1) is 0 Å². The van der Waals surface area contributed by atoms with Crippen molar-refractivity contribution in [1.29, 1.82) is 0 Å². The summed E-state index contributed by atoms with van der Waals surface area (Å²) in [7, 11) is 0. The van der Waals surface area contributed by atoms with Crippen molar-refractivity contribution in [2.24, 2.45) is 5.73 Å². The van der Waals surface area contributed by atoms with Gasteiger partial charge in [-0.25, -0.2) is 4.98 Å². The Labute approximate surface area is 134 Å². The van der Waals surface area contributed by atoms with E-state index < -0.39 is 0 Å². The predicted octanol–water partition coefficient (Wildman–Crippen LogP) is 2.85. The first kappa shape index (κ1) is 15.0. The number of pyridine rings is 1. The summed E-state index contributed by atoms with van der Waals surface area (Å²) >= 11 is 5.99. The molecule has 1 aliphatic heterocycles. The monoisotopic (exact) mass is 315 g/mol. The standard InChI is InChI=1S/C17H18ClN3O/c18-13-5-3-12-4-6-14(20-16(12)10-13)7-8-17(22)21-9-1-2-15(21)11-19/h3-8,10,15H,1-2,9,11,19H2. The fraction of sp³-hybridized carbons (Fsp3) is 0.294. The van der Waals surface area contributed by atoms with Crippen LogP contribution in [-0.2, 0) is 4.79 Å². The molecule has 0 bridgehead atoms. The van der Waals surface area contributed by atoms with E-state index in [2.05, 4.69) is 4.98 Å². The van der Waals surface area contributed by atoms with Crippen LogP contribution in [0.25, 0.3) is 17.0 Å². The van der Waals surface area contributed by atoms with Crippen LogP contribution in [0, 0.1) is 0 Å². The van der Waals surface area contributed by atoms with E-state index >= 15 is 0 Å². The van der Waals surface area contributed by atoms with Gasteiger partial charge in [0.25, 0.3) is 0 Å². The second-order valence-electron chi connectivity index (χ2n) is 5.47. The summed E-state index contributed by atoms with van der Waals surface area (Å²) in [5, 5.41) is 1.68. The highest BCUT2D eigenvalue weighted by Crippen LogP contribution is 2.19. The molecule has 1 aliphatic rings. The van der Waals surface area contributed by atoms with Crippen LogP contribution in [0.4, 0.5) is 0 Å². The molecule has 1 amide bonds. The van der Waals surface area contributed by atoms with E-state index in [-0.39, 0.29) is 11.9 Å². The molecule has 5 heteroatoms. The fourth-order valence-electron chi connectivity index (χ4n) is 2.82. The zero-order chi connectivity index (χ0) is 15.5. The number of rotatable bonds is 3. The number of benzene rings is 1. The zero-order valence-electron chi connectivity index (χ0n) is 12.2. The molecule has 0 spiro atoms. The Hall–Kier alpha value is -1.91. The van der Waals surface area contributed by atoms with Crippen LogP contribution < -0.4 is 5.73 Å². The Kier molecular flexibility index (Phi) is 4.41. The maximum absolute atomic E-state index is 12.2. The maximum atomic E-state index is 12.2. The summed E-state index contributed by atoms with van der Waals surface area (Å²) in [4.78, 5) is 18.6. The Bertz CT molecular complexity index is 729. The van der Waals surface area contributed by atoms with Crippen molar-refractivity contribution in [2.45, 2.75) is 18.9 Å². The molecule has 2 N–H and O–H groups in total. The van der Waals surface area contributed by atoms with Gasteiger partial charge in [0, 0.05) is 35.6 Å². The molecule has 0 radical (unpaired) electrons. The van der Waals surface area contributed by atoms with E-state index in [1.807, 2.05) is 35.2 Å². The van der Waals surface area contributed by atoms with Crippen molar-refractivity contribution in [2.75, 3.05) is 13.1 Å². The Balaban J connectivity index is 1.78. The van der Waals surface area contributed by atoms with Gasteiger partial charge in [-0.2, -0.15) is 0 Å². The minimum atomic E-state index is 0.000871. The highest BCUT2D eigenvalue weighted by Gasteiger charge is 2.25. The summed E-state index contributed by atoms with van der Waals surface area (Å²) in [6.45, 7) is 1.30. The van der Waals surface area contributed by atoms with Crippen molar-refractivity contribution in [1.82, 2.24) is 9.88 Å². The number of likely N-dealkylation sites (tertiary alicyclic amines) is 1. The average Bonchev–Trinajstić information content (AvgIpc) is 3.00. The van der Waals surface area contributed by atoms with E-state index in [1.54, 1.807) is 12.2 Å². The molecule has 114 valence electrons. The summed E-state index contributed by atoms with van der Waals surface area (Å²) in [6, 6.07) is 9.62. The van der Waals surface area contributed by atoms with Gasteiger partial charge in [0.2, 0.25) is 5.91 Å². The number of hydrogen-bond acceptors (Lipinski definition) is 3. The van der Waals surface area contributed by atoms with Crippen molar-refractivity contribution in [3.63, 3.8) is 0 Å². The van der Waals surface area contributed by atoms with Crippen LogP contribution in [0.3, 0.4) is 0 Å². The molecule has 2 heterocycles. The lowest BCUT2D eigenvalue weighted by Gasteiger charge is -2.21. The molecule has 1 atom stereocenters. The summed E-state index contributed by atoms with van der Waals surface area (Å²) in [5.74, 6) is 0.000871. The second kappa shape index (κ2) is 6.46. The molecule has 1 aromatic carbocycles. The van der Waals surface area contributed by atoms with Crippen LogP contribution in [0.2, 0.25) is 5.02 Å². The van der Waals surface area contributed by atoms with Gasteiger partial charge in [-0.05, 0) is 37.1 Å². The third kappa shape index (κ3) is 3.13. The number of hydrogen-bond donors (Lipinski definition) is 1. The number of carbonyl (C=O) groups is 1. The molecule has 22 heavy (non-hydrogen) atoms. The molecule has 0 aliphatic carbocycles. The van der Waals surface area contributed by atoms with Crippen molar-refractivity contribution >= 4 is 34.5 Å². The fourth-order valence-corrected chi connectivity index (χ4v) is 2.99. The van der Waals surface area contributed by atoms with Gasteiger partial charge in [0.1, 0.15) is 0 Å². The maximum Gasteiger partial charge on any atom is 0.246 e. The molecule has 1 saturated heterocycles. The van der Waals surface area contributed by atoms with E-state index in [9.17, 15) is 4.79 Å². The molecule has 1 fully saturated rings. The number of aromatic nitrogens is 1. The minimum Gasteiger partial charge on any atom is -0.335 e. The summed E-state index contributed by atoms with van der Waals surface area (Å²) in [6.07, 6.45) is 5.33. The van der Waals surface area contributed by atoms with Crippen LogP contribution >= 0.6 is 11.6 Å². The molecule has 0 saturated carbocycles. The molecule has 1 aromatic heterocycles. The topological polar surface area (TPSA) is 59.2 Å². The summed E-state index contributed by atoms with van der Waals surface area (Å²) in [5.41, 5.74) is 7.27. The molecular formula is C17H18ClN3O. The first-order valence-corrected chi connectivity index (χ1v) is 7.80. The van der Waals surface area contributed by atoms with Gasteiger partial charge in [-0.1, -0.05) is 23.7 Å². The zero-order valence-corrected chi connectivity index (χ0v) is 13.0. The van der Waals surface area contributed by atoms with Crippen LogP contribution in [-0.4, -0.2) is 34.9 Å². The minimum absolute atomic E-state index is 0.000871. The van der Waals surface area contributed by atoms with Gasteiger partial charge < -0.3 is 10.6 Å². The molecule has 1 unspecified atom stereocenters. The van der Waals surface area contributed by atoms with E-state index in [4.69, 9.17) is 17.3 Å². The highest BCUT2D eigenvalue weighted by atomic mass is 35.5. The molecule has 2 aromatic rings. The van der Waals surface area contributed by atoms with Crippen LogP contribution in [0.1, 0.15) is 18.5 Å². The smallest absolute Gasteiger partial charge is 0.246 e. The number of fused-ring (bicyclic) bond motifs is 1. The first-order valence-electron chi connectivity index (χ1n) is 7.42. The lowest BCUT2D eigenvalue weighted by molar-refractivity contribution is -0.126. The first-order chi connectivity index (χ1) is 10.7. The van der Waals surface area contributed by atoms with Crippen LogP contribution in [0.5, 0.6) is 0 Å². The SMILES string of the molecule is NCC1CCCN1C(=O)C=Cc1ccc2ccc(Cl)cc2n1. The third-order valence-electron chi connectivity index (χ3n) is 4.00. The Morgan fingerprint density at radius 3 is 3.05 bits per heavy atom. The number of nitrogens with two attached hydrogens (primary N) is 1. The summed E-state index contributed by atoms with van der Waals surface area (Å²) < 4.78 is 0. The molecule has 3 rings (SSSR count). The van der Waals surface area contributed by atoms with Gasteiger partial charge in [0.05, 0.1) is 11.2 Å². The highest BCUT2D eigenvalue weighted by molar-refractivity contribution is 6.31. The number of halogens is 1. The lowest BCUT2D eigenvalue weighted by Crippen LogP contribution is -2.38. The number of carbonyl (C=O) groups excluding carboxylic acids is 1. The predicted molar refractivity (Wildman–Crippen MR) is 89.6 cm³/mol. The average molecular weight is 316 g/mol. The number of amides is 1. The van der Waals surface area contributed by atoms with Crippen molar-refractivity contribution < 1.29 is 4.79 Å². The van der Waals surface area contributed by atoms with Gasteiger partial charge >= 0.3 is 0 Å². The van der Waals surface area contributed by atoms with Crippen molar-refractivity contribution in [3.8, 4) is 0 Å². The van der Waals surface area contributed by atoms with Gasteiger partial charge in [-0.3, -0.25) is 4.79 Å². The van der Waals surface area contributed by atoms with Gasteiger partial charge in [0.15, 0.2) is 0 Å². The third-order valence-corrected chi connectivity index (χ3v) is 4.24. The molecule has 4 nitrogen and oxygen atoms in total. The van der Waals surface area contributed by atoms with Crippen LogP contribution in [0.15, 0.2) is 36.4 Å². The van der Waals surface area contributed by atoms with E-state index in [1.165, 1.54) is 0 Å². The Morgan fingerprint density at radius 1 is 1.41 bits per heavy atom. The van der Waals surface area contributed by atoms with E-state index in [0.29, 0.717) is 11.6 Å². The second-order valence-corrected chi connectivity index (χ2v) is 5.91. The normalized spacial score (nSPS) is 18.5. The number of nitrogens with zero attached hydrogens (tertiary/aromatic N) is 2. The Morgan fingerprint density at radius 2 is 2.23 bits per heavy atom. The quantitative estimate of drug-likeness (QED) is 0.886. The lowest BCUT2D eigenvalue weighted by atomic mass is 10.2. The largest absolute Gasteiger partial charge is 0.335 e.